The minimum atomic E-state index is 0.348. The van der Waals surface area contributed by atoms with Gasteiger partial charge in [0.2, 0.25) is 0 Å². The van der Waals surface area contributed by atoms with E-state index >= 15 is 0 Å². The van der Waals surface area contributed by atoms with E-state index in [1.807, 2.05) is 18.2 Å². The quantitative estimate of drug-likeness (QED) is 0.864. The molecule has 3 heteroatoms. The van der Waals surface area contributed by atoms with Crippen LogP contribution in [0.3, 0.4) is 0 Å². The van der Waals surface area contributed by atoms with E-state index in [4.69, 9.17) is 4.52 Å². The molecule has 1 heterocycles. The lowest BCUT2D eigenvalue weighted by atomic mass is 9.57. The number of nitrogens with one attached hydrogen (secondary N) is 1. The van der Waals surface area contributed by atoms with E-state index in [9.17, 15) is 0 Å². The van der Waals surface area contributed by atoms with Gasteiger partial charge in [0.15, 0.2) is 5.76 Å². The normalized spacial score (nSPS) is 26.0. The van der Waals surface area contributed by atoms with E-state index in [0.717, 1.165) is 29.4 Å². The molecule has 1 aromatic carbocycles. The Bertz CT molecular complexity index is 657. The van der Waals surface area contributed by atoms with Gasteiger partial charge in [-0.25, -0.2) is 0 Å². The predicted octanol–water partition coefficient (Wildman–Crippen LogP) is 4.30. The molecule has 0 radical (unpaired) electrons. The first kappa shape index (κ1) is 14.9. The molecule has 2 atom stereocenters. The van der Waals surface area contributed by atoms with Crippen LogP contribution < -0.4 is 5.32 Å². The van der Waals surface area contributed by atoms with E-state index in [1.54, 1.807) is 0 Å². The third-order valence-corrected chi connectivity index (χ3v) is 5.89. The zero-order valence-corrected chi connectivity index (χ0v) is 14.1. The Morgan fingerprint density at radius 1 is 1.22 bits per heavy atom. The molecular weight excluding hydrogens is 284 g/mol. The number of hydrogen-bond donors (Lipinski definition) is 1. The second kappa shape index (κ2) is 5.79. The summed E-state index contributed by atoms with van der Waals surface area (Å²) in [5, 5.41) is 8.07. The van der Waals surface area contributed by atoms with Crippen molar-refractivity contribution in [2.24, 2.45) is 17.3 Å². The number of rotatable bonds is 6. The Kier molecular flexibility index (Phi) is 3.76. The summed E-state index contributed by atoms with van der Waals surface area (Å²) in [4.78, 5) is 0. The fourth-order valence-electron chi connectivity index (χ4n) is 3.74. The molecule has 2 aliphatic carbocycles. The third-order valence-electron chi connectivity index (χ3n) is 5.89. The summed E-state index contributed by atoms with van der Waals surface area (Å²) in [7, 11) is 0. The molecule has 1 N–H and O–H groups in total. The first-order chi connectivity index (χ1) is 11.1. The Morgan fingerprint density at radius 3 is 2.70 bits per heavy atom. The van der Waals surface area contributed by atoms with Gasteiger partial charge in [0.1, 0.15) is 0 Å². The molecule has 122 valence electrons. The van der Waals surface area contributed by atoms with Crippen LogP contribution in [0.2, 0.25) is 0 Å². The van der Waals surface area contributed by atoms with Gasteiger partial charge < -0.3 is 9.84 Å². The monoisotopic (exact) mass is 310 g/mol. The van der Waals surface area contributed by atoms with Crippen LogP contribution >= 0.6 is 0 Å². The maximum absolute atomic E-state index is 5.54. The maximum Gasteiger partial charge on any atom is 0.167 e. The van der Waals surface area contributed by atoms with Gasteiger partial charge >= 0.3 is 0 Å². The fourth-order valence-corrected chi connectivity index (χ4v) is 3.74. The standard InChI is InChI=1S/C20H26N2O/c1-20(2)16(11-19(20)21-13-14-8-9-14)10-17-12-18(23-22-17)15-6-4-3-5-7-15/h3-7,12,14,16,19,21H,8-11,13H2,1-2H3. The highest BCUT2D eigenvalue weighted by Crippen LogP contribution is 2.48. The van der Waals surface area contributed by atoms with Crippen molar-refractivity contribution in [3.05, 3.63) is 42.1 Å². The van der Waals surface area contributed by atoms with E-state index in [1.165, 1.54) is 25.8 Å². The molecule has 0 spiro atoms. The van der Waals surface area contributed by atoms with Crippen molar-refractivity contribution in [3.8, 4) is 11.3 Å². The largest absolute Gasteiger partial charge is 0.356 e. The van der Waals surface area contributed by atoms with Crippen molar-refractivity contribution in [1.29, 1.82) is 0 Å². The van der Waals surface area contributed by atoms with Crippen LogP contribution in [0.4, 0.5) is 0 Å². The molecule has 23 heavy (non-hydrogen) atoms. The Balaban J connectivity index is 1.36. The molecule has 4 rings (SSSR count). The smallest absolute Gasteiger partial charge is 0.167 e. The van der Waals surface area contributed by atoms with Crippen LogP contribution in [0.5, 0.6) is 0 Å². The summed E-state index contributed by atoms with van der Waals surface area (Å²) >= 11 is 0. The van der Waals surface area contributed by atoms with Gasteiger partial charge in [-0.15, -0.1) is 0 Å². The SMILES string of the molecule is CC1(C)C(Cc2cc(-c3ccccc3)on2)CC1NCC1CC1. The lowest BCUT2D eigenvalue weighted by molar-refractivity contribution is 0.0131. The van der Waals surface area contributed by atoms with Crippen LogP contribution in [0, 0.1) is 17.3 Å². The Labute approximate surface area is 138 Å². The maximum atomic E-state index is 5.54. The van der Waals surface area contributed by atoms with Crippen LogP contribution in [-0.4, -0.2) is 17.7 Å². The molecule has 0 saturated heterocycles. The molecule has 2 saturated carbocycles. The van der Waals surface area contributed by atoms with Gasteiger partial charge in [-0.3, -0.25) is 0 Å². The zero-order chi connectivity index (χ0) is 15.9. The number of benzene rings is 1. The van der Waals surface area contributed by atoms with Gasteiger partial charge in [0.25, 0.3) is 0 Å². The summed E-state index contributed by atoms with van der Waals surface area (Å²) < 4.78 is 5.54. The van der Waals surface area contributed by atoms with Crippen molar-refractivity contribution in [3.63, 3.8) is 0 Å². The zero-order valence-electron chi connectivity index (χ0n) is 14.1. The topological polar surface area (TPSA) is 38.1 Å². The highest BCUT2D eigenvalue weighted by molar-refractivity contribution is 5.56. The van der Waals surface area contributed by atoms with Crippen molar-refractivity contribution < 1.29 is 4.52 Å². The second-order valence-corrected chi connectivity index (χ2v) is 7.91. The molecule has 1 aromatic heterocycles. The highest BCUT2D eigenvalue weighted by Gasteiger charge is 2.48. The Hall–Kier alpha value is -1.61. The van der Waals surface area contributed by atoms with Gasteiger partial charge in [-0.05, 0) is 49.5 Å². The van der Waals surface area contributed by atoms with Gasteiger partial charge in [0.05, 0.1) is 5.69 Å². The summed E-state index contributed by atoms with van der Waals surface area (Å²) in [6, 6.07) is 13.0. The molecule has 0 bridgehead atoms. The first-order valence-electron chi connectivity index (χ1n) is 8.87. The molecule has 3 nitrogen and oxygen atoms in total. The molecule has 2 unspecified atom stereocenters. The minimum Gasteiger partial charge on any atom is -0.356 e. The van der Waals surface area contributed by atoms with Gasteiger partial charge in [0, 0.05) is 17.7 Å². The van der Waals surface area contributed by atoms with Crippen molar-refractivity contribution in [2.75, 3.05) is 6.54 Å². The van der Waals surface area contributed by atoms with E-state index in [0.29, 0.717) is 17.4 Å². The number of nitrogens with zero attached hydrogens (tertiary/aromatic N) is 1. The summed E-state index contributed by atoms with van der Waals surface area (Å²) in [6.45, 7) is 6.00. The van der Waals surface area contributed by atoms with E-state index in [2.05, 4.69) is 42.5 Å². The van der Waals surface area contributed by atoms with Gasteiger partial charge in [-0.1, -0.05) is 49.3 Å². The highest BCUT2D eigenvalue weighted by atomic mass is 16.5. The predicted molar refractivity (Wildman–Crippen MR) is 92.0 cm³/mol. The van der Waals surface area contributed by atoms with Gasteiger partial charge in [-0.2, -0.15) is 0 Å². The molecule has 0 aliphatic heterocycles. The third kappa shape index (κ3) is 3.07. The summed E-state index contributed by atoms with van der Waals surface area (Å²) in [6.07, 6.45) is 5.12. The lowest BCUT2D eigenvalue weighted by Crippen LogP contribution is -2.57. The molecule has 0 amide bonds. The number of hydrogen-bond acceptors (Lipinski definition) is 3. The lowest BCUT2D eigenvalue weighted by Gasteiger charge is -2.52. The van der Waals surface area contributed by atoms with E-state index < -0.39 is 0 Å². The van der Waals surface area contributed by atoms with Crippen molar-refractivity contribution >= 4 is 0 Å². The van der Waals surface area contributed by atoms with Crippen molar-refractivity contribution in [2.45, 2.75) is 45.6 Å². The fraction of sp³-hybridized carbons (Fsp3) is 0.550. The van der Waals surface area contributed by atoms with E-state index in [-0.39, 0.29) is 0 Å². The number of aromatic nitrogens is 1. The molecular formula is C20H26N2O. The molecule has 2 aromatic rings. The van der Waals surface area contributed by atoms with Crippen LogP contribution in [0.25, 0.3) is 11.3 Å². The van der Waals surface area contributed by atoms with Crippen molar-refractivity contribution in [1.82, 2.24) is 10.5 Å². The van der Waals surface area contributed by atoms with Crippen LogP contribution in [-0.2, 0) is 6.42 Å². The summed E-state index contributed by atoms with van der Waals surface area (Å²) in [5.74, 6) is 2.52. The Morgan fingerprint density at radius 2 is 2.00 bits per heavy atom. The minimum absolute atomic E-state index is 0.348. The van der Waals surface area contributed by atoms with Crippen LogP contribution in [0.15, 0.2) is 40.9 Å². The first-order valence-corrected chi connectivity index (χ1v) is 8.87. The second-order valence-electron chi connectivity index (χ2n) is 7.91. The summed E-state index contributed by atoms with van der Waals surface area (Å²) in [5.41, 5.74) is 2.53. The average molecular weight is 310 g/mol. The van der Waals surface area contributed by atoms with Crippen LogP contribution in [0.1, 0.15) is 38.8 Å². The molecule has 2 aliphatic rings. The average Bonchev–Trinajstić information content (AvgIpc) is 3.27. The molecule has 2 fully saturated rings.